The van der Waals surface area contributed by atoms with E-state index in [4.69, 9.17) is 22.3 Å². The lowest BCUT2D eigenvalue weighted by atomic mass is 9.80. The molecule has 2 aliphatic rings. The third-order valence-electron chi connectivity index (χ3n) is 5.24. The van der Waals surface area contributed by atoms with Crippen molar-refractivity contribution in [3.8, 4) is 0 Å². The molecule has 136 valence electrons. The zero-order valence-corrected chi connectivity index (χ0v) is 16.4. The number of aromatic nitrogens is 2. The van der Waals surface area contributed by atoms with Gasteiger partial charge in [0.15, 0.2) is 0 Å². The van der Waals surface area contributed by atoms with Gasteiger partial charge in [-0.25, -0.2) is 9.97 Å². The molecule has 0 atom stereocenters. The van der Waals surface area contributed by atoms with Crippen LogP contribution in [0.15, 0.2) is 40.4 Å². The van der Waals surface area contributed by atoms with E-state index in [1.807, 2.05) is 30.5 Å². The van der Waals surface area contributed by atoms with Gasteiger partial charge < -0.3 is 10.6 Å². The monoisotopic (exact) mass is 387 g/mol. The minimum atomic E-state index is 0.253. The first-order chi connectivity index (χ1) is 12.6. The highest BCUT2D eigenvalue weighted by Crippen LogP contribution is 2.34. The van der Waals surface area contributed by atoms with Crippen LogP contribution >= 0.6 is 23.4 Å². The second kappa shape index (κ2) is 7.18. The number of fused-ring (bicyclic) bond motifs is 1. The number of halogens is 1. The molecule has 0 aliphatic carbocycles. The molecule has 0 unspecified atom stereocenters. The number of nitrogens with two attached hydrogens (primary N) is 1. The second-order valence-corrected chi connectivity index (χ2v) is 8.62. The van der Waals surface area contributed by atoms with Gasteiger partial charge in [-0.2, -0.15) is 0 Å². The molecule has 2 aliphatic heterocycles. The van der Waals surface area contributed by atoms with Crippen molar-refractivity contribution in [2.24, 2.45) is 16.1 Å². The quantitative estimate of drug-likeness (QED) is 0.868. The lowest BCUT2D eigenvalue weighted by Gasteiger charge is -2.39. The van der Waals surface area contributed by atoms with E-state index in [9.17, 15) is 0 Å². The van der Waals surface area contributed by atoms with Gasteiger partial charge in [0.25, 0.3) is 0 Å². The van der Waals surface area contributed by atoms with Crippen LogP contribution in [0.3, 0.4) is 0 Å². The minimum absolute atomic E-state index is 0.253. The van der Waals surface area contributed by atoms with Gasteiger partial charge in [0, 0.05) is 18.0 Å². The number of nitrogens with zero attached hydrogens (tertiary/aromatic N) is 4. The van der Waals surface area contributed by atoms with Crippen molar-refractivity contribution in [3.63, 3.8) is 0 Å². The molecule has 2 aromatic rings. The summed E-state index contributed by atoms with van der Waals surface area (Å²) in [5, 5.41) is 1.62. The summed E-state index contributed by atoms with van der Waals surface area (Å²) >= 11 is 7.82. The maximum atomic E-state index is 6.26. The van der Waals surface area contributed by atoms with Crippen LogP contribution in [0.25, 0.3) is 0 Å². The summed E-state index contributed by atoms with van der Waals surface area (Å²) in [6.45, 7) is 5.54. The van der Waals surface area contributed by atoms with Crippen LogP contribution in [-0.2, 0) is 6.54 Å². The summed E-state index contributed by atoms with van der Waals surface area (Å²) in [7, 11) is 0. The van der Waals surface area contributed by atoms with Gasteiger partial charge in [-0.3, -0.25) is 4.99 Å². The molecule has 1 saturated heterocycles. The Hall–Kier alpha value is -1.63. The summed E-state index contributed by atoms with van der Waals surface area (Å²) in [4.78, 5) is 17.4. The van der Waals surface area contributed by atoms with Gasteiger partial charge in [0.1, 0.15) is 16.6 Å². The van der Waals surface area contributed by atoms with Gasteiger partial charge in [-0.15, -0.1) is 0 Å². The summed E-state index contributed by atoms with van der Waals surface area (Å²) in [5.41, 5.74) is 7.99. The largest absolute Gasteiger partial charge is 0.355 e. The van der Waals surface area contributed by atoms with E-state index in [2.05, 4.69) is 21.8 Å². The Balaban J connectivity index is 1.49. The van der Waals surface area contributed by atoms with E-state index >= 15 is 0 Å². The summed E-state index contributed by atoms with van der Waals surface area (Å²) in [5.74, 6) is 0.946. The number of hydrogen-bond acceptors (Lipinski definition) is 6. The van der Waals surface area contributed by atoms with Crippen LogP contribution in [0.1, 0.15) is 31.2 Å². The first-order valence-electron chi connectivity index (χ1n) is 8.86. The highest BCUT2D eigenvalue weighted by Gasteiger charge is 2.30. The fraction of sp³-hybridized carbons (Fsp3) is 0.421. The average Bonchev–Trinajstić information content (AvgIpc) is 3.06. The number of aliphatic imine (C=N–C) groups is 1. The molecular weight excluding hydrogens is 366 g/mol. The molecule has 7 heteroatoms. The third kappa shape index (κ3) is 3.46. The van der Waals surface area contributed by atoms with Gasteiger partial charge in [-0.05, 0) is 36.9 Å². The van der Waals surface area contributed by atoms with Crippen LogP contribution in [0, 0.1) is 5.41 Å². The first-order valence-corrected chi connectivity index (χ1v) is 10.1. The van der Waals surface area contributed by atoms with Gasteiger partial charge in [0.05, 0.1) is 23.5 Å². The van der Waals surface area contributed by atoms with Crippen molar-refractivity contribution in [3.05, 3.63) is 46.9 Å². The number of piperidine rings is 1. The van der Waals surface area contributed by atoms with Gasteiger partial charge in [-0.1, -0.05) is 42.4 Å². The second-order valence-electron chi connectivity index (χ2n) is 7.18. The Bertz CT molecular complexity index is 846. The van der Waals surface area contributed by atoms with Crippen LogP contribution < -0.4 is 10.6 Å². The topological polar surface area (TPSA) is 67.4 Å². The van der Waals surface area contributed by atoms with E-state index in [-0.39, 0.29) is 5.41 Å². The molecule has 1 aromatic heterocycles. The number of hydrogen-bond donors (Lipinski definition) is 1. The predicted molar refractivity (Wildman–Crippen MR) is 108 cm³/mol. The molecule has 0 amide bonds. The van der Waals surface area contributed by atoms with E-state index in [0.717, 1.165) is 64.6 Å². The molecule has 0 spiro atoms. The maximum absolute atomic E-state index is 6.26. The third-order valence-corrected chi connectivity index (χ3v) is 6.77. The van der Waals surface area contributed by atoms with Crippen molar-refractivity contribution >= 4 is 34.2 Å². The normalized spacial score (nSPS) is 18.6. The van der Waals surface area contributed by atoms with E-state index < -0.39 is 0 Å². The van der Waals surface area contributed by atoms with Crippen molar-refractivity contribution in [2.45, 2.75) is 31.2 Å². The van der Waals surface area contributed by atoms with Crippen molar-refractivity contribution in [2.75, 3.05) is 24.5 Å². The van der Waals surface area contributed by atoms with E-state index in [1.54, 1.807) is 11.8 Å². The standard InChI is InChI=1S/C19H22ClN5S/c1-19(12-21)6-8-25(9-7-19)16-11-22-17-14(24-16)10-23-18(17)26-15-5-3-2-4-13(15)20/h2-5,11H,6-10,12,21H2,1H3. The van der Waals surface area contributed by atoms with Gasteiger partial charge >= 0.3 is 0 Å². The Morgan fingerprint density at radius 1 is 1.27 bits per heavy atom. The summed E-state index contributed by atoms with van der Waals surface area (Å²) in [6.07, 6.45) is 4.05. The molecule has 5 nitrogen and oxygen atoms in total. The summed E-state index contributed by atoms with van der Waals surface area (Å²) < 4.78 is 0. The lowest BCUT2D eigenvalue weighted by Crippen LogP contribution is -2.42. The maximum Gasteiger partial charge on any atom is 0.147 e. The highest BCUT2D eigenvalue weighted by molar-refractivity contribution is 8.14. The van der Waals surface area contributed by atoms with Crippen LogP contribution in [0.4, 0.5) is 5.82 Å². The van der Waals surface area contributed by atoms with Crippen molar-refractivity contribution < 1.29 is 0 Å². The molecule has 2 N–H and O–H groups in total. The predicted octanol–water partition coefficient (Wildman–Crippen LogP) is 3.75. The van der Waals surface area contributed by atoms with Crippen LogP contribution in [0.2, 0.25) is 5.02 Å². The zero-order chi connectivity index (χ0) is 18.1. The Morgan fingerprint density at radius 3 is 2.77 bits per heavy atom. The Kier molecular flexibility index (Phi) is 4.90. The fourth-order valence-corrected chi connectivity index (χ4v) is 4.44. The number of rotatable bonds is 3. The number of anilines is 1. The number of benzene rings is 1. The molecule has 1 fully saturated rings. The highest BCUT2D eigenvalue weighted by atomic mass is 35.5. The van der Waals surface area contributed by atoms with Crippen LogP contribution in [-0.4, -0.2) is 34.6 Å². The minimum Gasteiger partial charge on any atom is -0.355 e. The molecule has 26 heavy (non-hydrogen) atoms. The molecule has 0 radical (unpaired) electrons. The smallest absolute Gasteiger partial charge is 0.147 e. The summed E-state index contributed by atoms with van der Waals surface area (Å²) in [6, 6.07) is 7.79. The Labute approximate surface area is 163 Å². The average molecular weight is 388 g/mol. The lowest BCUT2D eigenvalue weighted by molar-refractivity contribution is 0.258. The fourth-order valence-electron chi connectivity index (χ4n) is 3.27. The molecule has 4 rings (SSSR count). The first kappa shape index (κ1) is 17.8. The molecule has 0 saturated carbocycles. The van der Waals surface area contributed by atoms with Crippen LogP contribution in [0.5, 0.6) is 0 Å². The van der Waals surface area contributed by atoms with Gasteiger partial charge in [0.2, 0.25) is 0 Å². The molecule has 1 aromatic carbocycles. The van der Waals surface area contributed by atoms with Crippen molar-refractivity contribution in [1.29, 1.82) is 0 Å². The van der Waals surface area contributed by atoms with E-state index in [1.165, 1.54) is 0 Å². The van der Waals surface area contributed by atoms with Crippen molar-refractivity contribution in [1.82, 2.24) is 9.97 Å². The molecule has 3 heterocycles. The zero-order valence-electron chi connectivity index (χ0n) is 14.8. The number of thioether (sulfide) groups is 1. The Morgan fingerprint density at radius 2 is 2.04 bits per heavy atom. The van der Waals surface area contributed by atoms with E-state index in [0.29, 0.717) is 6.54 Å². The molecular formula is C19H22ClN5S. The molecule has 0 bridgehead atoms. The SMILES string of the molecule is CC1(CN)CCN(c2cnc3c(n2)CN=C3Sc2ccccc2Cl)CC1.